The Kier molecular flexibility index (Phi) is 5.80. The van der Waals surface area contributed by atoms with Crippen molar-refractivity contribution in [2.75, 3.05) is 11.9 Å². The van der Waals surface area contributed by atoms with Crippen LogP contribution in [0, 0.1) is 0 Å². The van der Waals surface area contributed by atoms with Gasteiger partial charge in [-0.05, 0) is 43.2 Å². The van der Waals surface area contributed by atoms with Crippen molar-refractivity contribution in [2.24, 2.45) is 0 Å². The first-order valence-electron chi connectivity index (χ1n) is 8.99. The second-order valence-corrected chi connectivity index (χ2v) is 8.40. The number of carbonyl (C=O) groups is 2. The van der Waals surface area contributed by atoms with Crippen LogP contribution in [-0.2, 0) is 0 Å². The SMILES string of the molecule is O=C(Nc1cccc(Cl)c1)c1nnc(C2CCCN2C(=O)c2ccccc2Cl)s1. The molecule has 1 fully saturated rings. The molecule has 1 N–H and O–H groups in total. The van der Waals surface area contributed by atoms with Gasteiger partial charge in [-0.3, -0.25) is 9.59 Å². The molecule has 1 aliphatic heterocycles. The molecule has 6 nitrogen and oxygen atoms in total. The average molecular weight is 447 g/mol. The van der Waals surface area contributed by atoms with E-state index in [-0.39, 0.29) is 22.9 Å². The van der Waals surface area contributed by atoms with Crippen molar-refractivity contribution in [3.05, 3.63) is 74.2 Å². The van der Waals surface area contributed by atoms with Crippen LogP contribution in [-0.4, -0.2) is 33.5 Å². The normalized spacial score (nSPS) is 16.1. The first-order chi connectivity index (χ1) is 14.0. The maximum absolute atomic E-state index is 13.0. The smallest absolute Gasteiger partial charge is 0.286 e. The molecule has 2 heterocycles. The highest BCUT2D eigenvalue weighted by atomic mass is 35.5. The summed E-state index contributed by atoms with van der Waals surface area (Å²) < 4.78 is 0. The van der Waals surface area contributed by atoms with Crippen LogP contribution in [0.5, 0.6) is 0 Å². The number of aromatic nitrogens is 2. The van der Waals surface area contributed by atoms with Gasteiger partial charge in [0, 0.05) is 17.3 Å². The number of benzene rings is 2. The lowest BCUT2D eigenvalue weighted by Gasteiger charge is -2.23. The Hall–Kier alpha value is -2.48. The van der Waals surface area contributed by atoms with E-state index in [0.29, 0.717) is 32.8 Å². The van der Waals surface area contributed by atoms with Gasteiger partial charge in [-0.15, -0.1) is 10.2 Å². The third-order valence-electron chi connectivity index (χ3n) is 4.62. The zero-order valence-electron chi connectivity index (χ0n) is 15.1. The summed E-state index contributed by atoms with van der Waals surface area (Å²) in [5.41, 5.74) is 1.04. The number of likely N-dealkylation sites (tertiary alicyclic amines) is 1. The fraction of sp³-hybridized carbons (Fsp3) is 0.200. The molecule has 0 radical (unpaired) electrons. The van der Waals surface area contributed by atoms with Crippen LogP contribution in [0.2, 0.25) is 10.0 Å². The molecule has 29 heavy (non-hydrogen) atoms. The predicted octanol–water partition coefficient (Wildman–Crippen LogP) is 5.07. The number of carbonyl (C=O) groups excluding carboxylic acids is 2. The fourth-order valence-corrected chi connectivity index (χ4v) is 4.56. The van der Waals surface area contributed by atoms with E-state index in [4.69, 9.17) is 23.2 Å². The highest BCUT2D eigenvalue weighted by Crippen LogP contribution is 2.35. The van der Waals surface area contributed by atoms with Crippen LogP contribution in [0.1, 0.15) is 44.1 Å². The molecular formula is C20H16Cl2N4O2S. The van der Waals surface area contributed by atoms with Crippen LogP contribution in [0.3, 0.4) is 0 Å². The molecule has 148 valence electrons. The molecule has 0 spiro atoms. The number of nitrogens with zero attached hydrogens (tertiary/aromatic N) is 3. The molecular weight excluding hydrogens is 431 g/mol. The zero-order chi connectivity index (χ0) is 20.4. The van der Waals surface area contributed by atoms with Gasteiger partial charge in [-0.1, -0.05) is 52.7 Å². The molecule has 1 aliphatic rings. The molecule has 1 atom stereocenters. The van der Waals surface area contributed by atoms with Gasteiger partial charge in [0.05, 0.1) is 16.6 Å². The average Bonchev–Trinajstić information content (AvgIpc) is 3.37. The van der Waals surface area contributed by atoms with Gasteiger partial charge < -0.3 is 10.2 Å². The summed E-state index contributed by atoms with van der Waals surface area (Å²) in [6.07, 6.45) is 1.62. The lowest BCUT2D eigenvalue weighted by molar-refractivity contribution is 0.0735. The van der Waals surface area contributed by atoms with E-state index in [1.807, 2.05) is 0 Å². The quantitative estimate of drug-likeness (QED) is 0.606. The zero-order valence-corrected chi connectivity index (χ0v) is 17.5. The van der Waals surface area contributed by atoms with Crippen LogP contribution >= 0.6 is 34.5 Å². The van der Waals surface area contributed by atoms with Gasteiger partial charge in [0.2, 0.25) is 5.01 Å². The van der Waals surface area contributed by atoms with Crippen LogP contribution in [0.25, 0.3) is 0 Å². The second-order valence-electron chi connectivity index (χ2n) is 6.55. The van der Waals surface area contributed by atoms with E-state index >= 15 is 0 Å². The van der Waals surface area contributed by atoms with Gasteiger partial charge in [0.15, 0.2) is 0 Å². The first kappa shape index (κ1) is 19.8. The Morgan fingerprint density at radius 3 is 2.72 bits per heavy atom. The summed E-state index contributed by atoms with van der Waals surface area (Å²) in [6, 6.07) is 13.6. The third-order valence-corrected chi connectivity index (χ3v) is 6.21. The summed E-state index contributed by atoms with van der Waals surface area (Å²) in [7, 11) is 0. The van der Waals surface area contributed by atoms with E-state index in [2.05, 4.69) is 15.5 Å². The number of halogens is 2. The predicted molar refractivity (Wildman–Crippen MR) is 114 cm³/mol. The topological polar surface area (TPSA) is 75.2 Å². The van der Waals surface area contributed by atoms with Gasteiger partial charge in [0.25, 0.3) is 11.8 Å². The molecule has 0 aliphatic carbocycles. The molecule has 9 heteroatoms. The van der Waals surface area contributed by atoms with Crippen molar-refractivity contribution < 1.29 is 9.59 Å². The molecule has 0 saturated carbocycles. The number of anilines is 1. The van der Waals surface area contributed by atoms with E-state index in [1.165, 1.54) is 11.3 Å². The van der Waals surface area contributed by atoms with Crippen molar-refractivity contribution in [2.45, 2.75) is 18.9 Å². The standard InChI is InChI=1S/C20H16Cl2N4O2S/c21-12-5-3-6-13(11-12)23-17(27)19-25-24-18(29-19)16-9-4-10-26(16)20(28)14-7-1-2-8-15(14)22/h1-3,5-8,11,16H,4,9-10H2,(H,23,27). The summed E-state index contributed by atoms with van der Waals surface area (Å²) in [6.45, 7) is 0.609. The molecule has 1 aromatic heterocycles. The third kappa shape index (κ3) is 4.27. The molecule has 0 bridgehead atoms. The summed E-state index contributed by atoms with van der Waals surface area (Å²) in [5, 5.41) is 12.8. The van der Waals surface area contributed by atoms with E-state index in [1.54, 1.807) is 53.4 Å². The summed E-state index contributed by atoms with van der Waals surface area (Å²) in [5.74, 6) is -0.503. The number of amides is 2. The van der Waals surface area contributed by atoms with Crippen LogP contribution < -0.4 is 5.32 Å². The Bertz CT molecular complexity index is 1070. The van der Waals surface area contributed by atoms with Crippen LogP contribution in [0.4, 0.5) is 5.69 Å². The first-order valence-corrected chi connectivity index (χ1v) is 10.6. The van der Waals surface area contributed by atoms with Crippen LogP contribution in [0.15, 0.2) is 48.5 Å². The van der Waals surface area contributed by atoms with Gasteiger partial charge >= 0.3 is 0 Å². The van der Waals surface area contributed by atoms with Crippen molar-refractivity contribution in [1.29, 1.82) is 0 Å². The van der Waals surface area contributed by atoms with Gasteiger partial charge in [-0.25, -0.2) is 0 Å². The summed E-state index contributed by atoms with van der Waals surface area (Å²) >= 11 is 13.3. The number of rotatable bonds is 4. The highest BCUT2D eigenvalue weighted by Gasteiger charge is 2.34. The molecule has 1 unspecified atom stereocenters. The molecule has 3 aromatic rings. The minimum absolute atomic E-state index is 0.141. The largest absolute Gasteiger partial charge is 0.329 e. The number of hydrogen-bond donors (Lipinski definition) is 1. The fourth-order valence-electron chi connectivity index (χ4n) is 3.27. The van der Waals surface area contributed by atoms with E-state index in [9.17, 15) is 9.59 Å². The van der Waals surface area contributed by atoms with Gasteiger partial charge in [0.1, 0.15) is 5.01 Å². The molecule has 2 amide bonds. The maximum atomic E-state index is 13.0. The Balaban J connectivity index is 1.51. The molecule has 1 saturated heterocycles. The van der Waals surface area contributed by atoms with Crippen molar-refractivity contribution >= 4 is 52.0 Å². The van der Waals surface area contributed by atoms with Crippen molar-refractivity contribution in [1.82, 2.24) is 15.1 Å². The summed E-state index contributed by atoms with van der Waals surface area (Å²) in [4.78, 5) is 27.2. The maximum Gasteiger partial charge on any atom is 0.286 e. The minimum atomic E-state index is -0.363. The lowest BCUT2D eigenvalue weighted by Crippen LogP contribution is -2.30. The van der Waals surface area contributed by atoms with Crippen molar-refractivity contribution in [3.8, 4) is 0 Å². The van der Waals surface area contributed by atoms with Crippen molar-refractivity contribution in [3.63, 3.8) is 0 Å². The Morgan fingerprint density at radius 2 is 1.93 bits per heavy atom. The van der Waals surface area contributed by atoms with E-state index < -0.39 is 0 Å². The monoisotopic (exact) mass is 446 g/mol. The highest BCUT2D eigenvalue weighted by molar-refractivity contribution is 7.13. The lowest BCUT2D eigenvalue weighted by atomic mass is 10.1. The Labute approximate surface area is 181 Å². The Morgan fingerprint density at radius 1 is 1.10 bits per heavy atom. The minimum Gasteiger partial charge on any atom is -0.329 e. The second kappa shape index (κ2) is 8.49. The number of hydrogen-bond acceptors (Lipinski definition) is 5. The number of nitrogens with one attached hydrogen (secondary N) is 1. The van der Waals surface area contributed by atoms with E-state index in [0.717, 1.165) is 12.8 Å². The molecule has 2 aromatic carbocycles. The molecule has 4 rings (SSSR count). The van der Waals surface area contributed by atoms with Gasteiger partial charge in [-0.2, -0.15) is 0 Å².